The largest absolute Gasteiger partial charge is 0.447 e. The van der Waals surface area contributed by atoms with E-state index in [0.717, 1.165) is 17.2 Å². The predicted molar refractivity (Wildman–Crippen MR) is 126 cm³/mol. The standard InChI is InChI=1S/C24H26ClFN4O3/c1-3-7-20(30(16(2)31)28-14-19-10-6-11-21(26)23(19)25)15-33-24(32)29-22-12-17-8-4-5-9-18(17)13-27-22/h4-6,8-13,20,28H,3,7,14-15H2,1-2H3,(H,27,29,32)/t20-/m0/s1. The predicted octanol–water partition coefficient (Wildman–Crippen LogP) is 5.30. The summed E-state index contributed by atoms with van der Waals surface area (Å²) in [6.45, 7) is 3.48. The molecule has 0 spiro atoms. The average molecular weight is 473 g/mol. The molecule has 7 nitrogen and oxygen atoms in total. The Labute approximate surface area is 196 Å². The zero-order valence-corrected chi connectivity index (χ0v) is 19.2. The van der Waals surface area contributed by atoms with Crippen LogP contribution in [0.15, 0.2) is 54.7 Å². The molecule has 0 aliphatic heterocycles. The molecule has 0 bridgehead atoms. The Hall–Kier alpha value is -3.23. The minimum Gasteiger partial charge on any atom is -0.447 e. The molecule has 0 radical (unpaired) electrons. The number of pyridine rings is 1. The van der Waals surface area contributed by atoms with Crippen molar-refractivity contribution >= 4 is 40.2 Å². The van der Waals surface area contributed by atoms with Crippen LogP contribution in [0.25, 0.3) is 10.8 Å². The number of nitrogens with one attached hydrogen (secondary N) is 2. The molecule has 1 aromatic heterocycles. The van der Waals surface area contributed by atoms with E-state index in [9.17, 15) is 14.0 Å². The summed E-state index contributed by atoms with van der Waals surface area (Å²) in [4.78, 5) is 28.9. The third-order valence-corrected chi connectivity index (χ3v) is 5.49. The number of amides is 2. The van der Waals surface area contributed by atoms with Crippen molar-refractivity contribution in [2.24, 2.45) is 0 Å². The number of aromatic nitrogens is 1. The SMILES string of the molecule is CCC[C@@H](COC(=O)Nc1cc2ccccc2cn1)N(NCc1cccc(F)c1Cl)C(C)=O. The van der Waals surface area contributed by atoms with E-state index in [1.165, 1.54) is 18.0 Å². The molecule has 1 heterocycles. The van der Waals surface area contributed by atoms with Crippen LogP contribution < -0.4 is 10.7 Å². The van der Waals surface area contributed by atoms with Crippen LogP contribution in [0.5, 0.6) is 0 Å². The Balaban J connectivity index is 1.62. The molecule has 1 atom stereocenters. The van der Waals surface area contributed by atoms with Gasteiger partial charge in [-0.25, -0.2) is 19.6 Å². The highest BCUT2D eigenvalue weighted by Crippen LogP contribution is 2.20. The van der Waals surface area contributed by atoms with Gasteiger partial charge in [0.25, 0.3) is 0 Å². The summed E-state index contributed by atoms with van der Waals surface area (Å²) in [5, 5.41) is 5.91. The maximum Gasteiger partial charge on any atom is 0.412 e. The number of carbonyl (C=O) groups excluding carboxylic acids is 2. The Morgan fingerprint density at radius 2 is 1.94 bits per heavy atom. The maximum atomic E-state index is 13.7. The van der Waals surface area contributed by atoms with E-state index >= 15 is 0 Å². The van der Waals surface area contributed by atoms with Gasteiger partial charge in [0, 0.05) is 25.1 Å². The second kappa shape index (κ2) is 11.6. The number of hydrazine groups is 1. The van der Waals surface area contributed by atoms with Gasteiger partial charge in [0.15, 0.2) is 0 Å². The van der Waals surface area contributed by atoms with E-state index < -0.39 is 18.0 Å². The summed E-state index contributed by atoms with van der Waals surface area (Å²) in [5.41, 5.74) is 3.50. The van der Waals surface area contributed by atoms with E-state index in [2.05, 4.69) is 15.7 Å². The lowest BCUT2D eigenvalue weighted by Crippen LogP contribution is -2.50. The lowest BCUT2D eigenvalue weighted by molar-refractivity contribution is -0.136. The highest BCUT2D eigenvalue weighted by molar-refractivity contribution is 6.31. The fraction of sp³-hybridized carbons (Fsp3) is 0.292. The summed E-state index contributed by atoms with van der Waals surface area (Å²) < 4.78 is 19.1. The summed E-state index contributed by atoms with van der Waals surface area (Å²) in [7, 11) is 0. The van der Waals surface area contributed by atoms with E-state index in [4.69, 9.17) is 16.3 Å². The molecule has 0 saturated carbocycles. The second-order valence-corrected chi connectivity index (χ2v) is 7.90. The van der Waals surface area contributed by atoms with Crippen LogP contribution in [0, 0.1) is 5.82 Å². The van der Waals surface area contributed by atoms with Gasteiger partial charge in [-0.1, -0.05) is 61.3 Å². The molecule has 2 amide bonds. The number of rotatable bonds is 9. The molecule has 0 aliphatic rings. The van der Waals surface area contributed by atoms with Crippen molar-refractivity contribution in [3.8, 4) is 0 Å². The number of hydrogen-bond donors (Lipinski definition) is 2. The quantitative estimate of drug-likeness (QED) is 0.413. The zero-order valence-electron chi connectivity index (χ0n) is 18.5. The number of carbonyl (C=O) groups is 2. The Bertz CT molecular complexity index is 1130. The molecule has 2 N–H and O–H groups in total. The Morgan fingerprint density at radius 3 is 2.67 bits per heavy atom. The van der Waals surface area contributed by atoms with E-state index in [-0.39, 0.29) is 24.1 Å². The minimum absolute atomic E-state index is 0.000874. The molecule has 9 heteroatoms. The van der Waals surface area contributed by atoms with Gasteiger partial charge in [-0.05, 0) is 29.5 Å². The van der Waals surface area contributed by atoms with Crippen molar-refractivity contribution in [2.75, 3.05) is 11.9 Å². The zero-order chi connectivity index (χ0) is 23.8. The van der Waals surface area contributed by atoms with Gasteiger partial charge in [0.1, 0.15) is 18.2 Å². The lowest BCUT2D eigenvalue weighted by Gasteiger charge is -2.31. The number of ether oxygens (including phenoxy) is 1. The van der Waals surface area contributed by atoms with Crippen molar-refractivity contribution in [2.45, 2.75) is 39.3 Å². The first kappa shape index (κ1) is 24.4. The van der Waals surface area contributed by atoms with Gasteiger partial charge in [-0.2, -0.15) is 0 Å². The third kappa shape index (κ3) is 6.63. The van der Waals surface area contributed by atoms with Gasteiger partial charge in [0.2, 0.25) is 5.91 Å². The van der Waals surface area contributed by atoms with Gasteiger partial charge in [-0.3, -0.25) is 15.1 Å². The number of fused-ring (bicyclic) bond motifs is 1. The van der Waals surface area contributed by atoms with Crippen LogP contribution in [-0.2, 0) is 16.1 Å². The van der Waals surface area contributed by atoms with Gasteiger partial charge in [-0.15, -0.1) is 0 Å². The summed E-state index contributed by atoms with van der Waals surface area (Å²) in [6.07, 6.45) is 2.35. The van der Waals surface area contributed by atoms with Crippen LogP contribution >= 0.6 is 11.6 Å². The Kier molecular flexibility index (Phi) is 8.57. The van der Waals surface area contributed by atoms with Crippen LogP contribution in [0.3, 0.4) is 0 Å². The van der Waals surface area contributed by atoms with Crippen LogP contribution in [-0.4, -0.2) is 34.6 Å². The molecular weight excluding hydrogens is 447 g/mol. The number of hydrogen-bond acceptors (Lipinski definition) is 5. The smallest absolute Gasteiger partial charge is 0.412 e. The highest BCUT2D eigenvalue weighted by atomic mass is 35.5. The highest BCUT2D eigenvalue weighted by Gasteiger charge is 2.23. The first-order valence-corrected chi connectivity index (χ1v) is 11.0. The van der Waals surface area contributed by atoms with Crippen LogP contribution in [0.4, 0.5) is 15.0 Å². The normalized spacial score (nSPS) is 11.8. The molecule has 33 heavy (non-hydrogen) atoms. The number of anilines is 1. The second-order valence-electron chi connectivity index (χ2n) is 7.52. The monoisotopic (exact) mass is 472 g/mol. The number of halogens is 2. The van der Waals surface area contributed by atoms with Gasteiger partial charge >= 0.3 is 6.09 Å². The Morgan fingerprint density at radius 1 is 1.18 bits per heavy atom. The molecule has 2 aromatic carbocycles. The topological polar surface area (TPSA) is 83.6 Å². The molecule has 0 saturated heterocycles. The number of benzene rings is 2. The molecule has 0 aliphatic carbocycles. The molecule has 0 fully saturated rings. The van der Waals surface area contributed by atoms with Crippen molar-refractivity contribution in [3.05, 3.63) is 71.1 Å². The fourth-order valence-electron chi connectivity index (χ4n) is 3.44. The van der Waals surface area contributed by atoms with Crippen molar-refractivity contribution in [1.29, 1.82) is 0 Å². The maximum absolute atomic E-state index is 13.7. The fourth-order valence-corrected chi connectivity index (χ4v) is 3.63. The molecule has 174 valence electrons. The summed E-state index contributed by atoms with van der Waals surface area (Å²) in [6, 6.07) is 13.5. The van der Waals surface area contributed by atoms with E-state index in [0.29, 0.717) is 17.8 Å². The lowest BCUT2D eigenvalue weighted by atomic mass is 10.1. The van der Waals surface area contributed by atoms with Crippen molar-refractivity contribution < 1.29 is 18.7 Å². The number of nitrogens with zero attached hydrogens (tertiary/aromatic N) is 2. The average Bonchev–Trinajstić information content (AvgIpc) is 2.80. The summed E-state index contributed by atoms with van der Waals surface area (Å²) >= 11 is 6.01. The third-order valence-electron chi connectivity index (χ3n) is 5.07. The van der Waals surface area contributed by atoms with Crippen LogP contribution in [0.1, 0.15) is 32.3 Å². The van der Waals surface area contributed by atoms with Crippen molar-refractivity contribution in [1.82, 2.24) is 15.4 Å². The first-order chi connectivity index (χ1) is 15.9. The van der Waals surface area contributed by atoms with Crippen LogP contribution in [0.2, 0.25) is 5.02 Å². The van der Waals surface area contributed by atoms with Crippen molar-refractivity contribution in [3.63, 3.8) is 0 Å². The molecule has 0 unspecified atom stereocenters. The molecule has 3 rings (SSSR count). The first-order valence-electron chi connectivity index (χ1n) is 10.6. The van der Waals surface area contributed by atoms with E-state index in [1.54, 1.807) is 24.4 Å². The summed E-state index contributed by atoms with van der Waals surface area (Å²) in [5.74, 6) is -0.424. The minimum atomic E-state index is -0.671. The van der Waals surface area contributed by atoms with E-state index in [1.807, 2.05) is 31.2 Å². The van der Waals surface area contributed by atoms with Gasteiger partial charge in [0.05, 0.1) is 11.1 Å². The molecular formula is C24H26ClFN4O3. The van der Waals surface area contributed by atoms with Gasteiger partial charge < -0.3 is 4.74 Å². The molecule has 3 aromatic rings.